The molecule has 0 unspecified atom stereocenters. The summed E-state index contributed by atoms with van der Waals surface area (Å²) < 4.78 is 5.34. The van der Waals surface area contributed by atoms with Gasteiger partial charge in [-0.05, 0) is 23.6 Å². The molecule has 0 radical (unpaired) electrons. The van der Waals surface area contributed by atoms with Gasteiger partial charge in [-0.2, -0.15) is 0 Å². The minimum absolute atomic E-state index is 0.0743. The fourth-order valence-corrected chi connectivity index (χ4v) is 2.42. The zero-order chi connectivity index (χ0) is 15.8. The lowest BCUT2D eigenvalue weighted by Crippen LogP contribution is -2.33. The number of para-hydroxylation sites is 1. The highest BCUT2D eigenvalue weighted by atomic mass is 16.5. The SMILES string of the molecule is COc1ccccc1C[C@H](CC(=O)O)NCc1ccccc1. The first-order valence-corrected chi connectivity index (χ1v) is 7.30. The van der Waals surface area contributed by atoms with Crippen LogP contribution >= 0.6 is 0 Å². The van der Waals surface area contributed by atoms with E-state index >= 15 is 0 Å². The van der Waals surface area contributed by atoms with Crippen LogP contribution in [0.3, 0.4) is 0 Å². The van der Waals surface area contributed by atoms with Crippen LogP contribution in [0.15, 0.2) is 54.6 Å². The molecule has 0 saturated carbocycles. The van der Waals surface area contributed by atoms with Crippen LogP contribution in [0.5, 0.6) is 5.75 Å². The summed E-state index contributed by atoms with van der Waals surface area (Å²) >= 11 is 0. The maximum atomic E-state index is 11.1. The van der Waals surface area contributed by atoms with Gasteiger partial charge in [0, 0.05) is 12.6 Å². The van der Waals surface area contributed by atoms with Crippen LogP contribution in [0.2, 0.25) is 0 Å². The van der Waals surface area contributed by atoms with Gasteiger partial charge in [-0.1, -0.05) is 48.5 Å². The van der Waals surface area contributed by atoms with E-state index in [-0.39, 0.29) is 12.5 Å². The van der Waals surface area contributed by atoms with Gasteiger partial charge in [0.25, 0.3) is 0 Å². The number of carboxylic acid groups (broad SMARTS) is 1. The van der Waals surface area contributed by atoms with Crippen molar-refractivity contribution in [2.75, 3.05) is 7.11 Å². The van der Waals surface area contributed by atoms with Crippen molar-refractivity contribution in [2.24, 2.45) is 0 Å². The fraction of sp³-hybridized carbons (Fsp3) is 0.278. The highest BCUT2D eigenvalue weighted by Gasteiger charge is 2.15. The van der Waals surface area contributed by atoms with E-state index in [0.717, 1.165) is 16.9 Å². The summed E-state index contributed by atoms with van der Waals surface area (Å²) in [5.74, 6) is -0.0140. The van der Waals surface area contributed by atoms with Gasteiger partial charge in [-0.3, -0.25) is 4.79 Å². The van der Waals surface area contributed by atoms with Gasteiger partial charge in [0.15, 0.2) is 0 Å². The molecule has 0 aromatic heterocycles. The quantitative estimate of drug-likeness (QED) is 0.787. The van der Waals surface area contributed by atoms with Gasteiger partial charge in [0.05, 0.1) is 13.5 Å². The molecule has 0 aliphatic carbocycles. The molecule has 2 aromatic rings. The van der Waals surface area contributed by atoms with Crippen molar-refractivity contribution in [3.63, 3.8) is 0 Å². The van der Waals surface area contributed by atoms with Crippen molar-refractivity contribution in [2.45, 2.75) is 25.4 Å². The molecule has 2 aromatic carbocycles. The molecule has 0 aliphatic heterocycles. The van der Waals surface area contributed by atoms with Crippen LogP contribution < -0.4 is 10.1 Å². The average Bonchev–Trinajstić information content (AvgIpc) is 2.53. The molecule has 0 bridgehead atoms. The topological polar surface area (TPSA) is 58.6 Å². The van der Waals surface area contributed by atoms with Crippen molar-refractivity contribution in [3.05, 3.63) is 65.7 Å². The van der Waals surface area contributed by atoms with Crippen molar-refractivity contribution >= 4 is 5.97 Å². The molecular formula is C18H21NO3. The number of rotatable bonds is 8. The average molecular weight is 299 g/mol. The monoisotopic (exact) mass is 299 g/mol. The zero-order valence-corrected chi connectivity index (χ0v) is 12.7. The summed E-state index contributed by atoms with van der Waals surface area (Å²) in [4.78, 5) is 11.1. The highest BCUT2D eigenvalue weighted by Crippen LogP contribution is 2.20. The Balaban J connectivity index is 2.04. The number of aliphatic carboxylic acids is 1. The number of carbonyl (C=O) groups is 1. The van der Waals surface area contributed by atoms with Crippen LogP contribution in [0.25, 0.3) is 0 Å². The lowest BCUT2D eigenvalue weighted by Gasteiger charge is -2.18. The smallest absolute Gasteiger partial charge is 0.304 e. The standard InChI is InChI=1S/C18H21NO3/c1-22-17-10-6-5-9-15(17)11-16(12-18(20)21)19-13-14-7-3-2-4-8-14/h2-10,16,19H,11-13H2,1H3,(H,20,21)/t16-/m1/s1. The number of hydrogen-bond acceptors (Lipinski definition) is 3. The Bertz CT molecular complexity index is 598. The van der Waals surface area contributed by atoms with E-state index in [0.29, 0.717) is 13.0 Å². The molecule has 0 heterocycles. The normalized spacial score (nSPS) is 11.9. The maximum absolute atomic E-state index is 11.1. The molecule has 0 saturated heterocycles. The predicted octanol–water partition coefficient (Wildman–Crippen LogP) is 2.87. The first-order chi connectivity index (χ1) is 10.7. The molecule has 116 valence electrons. The summed E-state index contributed by atoms with van der Waals surface area (Å²) in [5, 5.41) is 12.4. The Hall–Kier alpha value is -2.33. The Morgan fingerprint density at radius 2 is 1.82 bits per heavy atom. The molecule has 0 fully saturated rings. The van der Waals surface area contributed by atoms with E-state index in [4.69, 9.17) is 9.84 Å². The van der Waals surface area contributed by atoms with E-state index < -0.39 is 5.97 Å². The fourth-order valence-electron chi connectivity index (χ4n) is 2.42. The molecule has 0 aliphatic rings. The van der Waals surface area contributed by atoms with Crippen LogP contribution in [0.1, 0.15) is 17.5 Å². The lowest BCUT2D eigenvalue weighted by molar-refractivity contribution is -0.137. The van der Waals surface area contributed by atoms with Crippen LogP contribution in [0.4, 0.5) is 0 Å². The minimum atomic E-state index is -0.805. The third-order valence-corrected chi connectivity index (χ3v) is 3.52. The molecule has 0 spiro atoms. The summed E-state index contributed by atoms with van der Waals surface area (Å²) in [6, 6.07) is 17.5. The molecule has 1 atom stereocenters. The molecule has 2 rings (SSSR count). The number of nitrogens with one attached hydrogen (secondary N) is 1. The van der Waals surface area contributed by atoms with Gasteiger partial charge >= 0.3 is 5.97 Å². The van der Waals surface area contributed by atoms with Crippen molar-refractivity contribution in [1.29, 1.82) is 0 Å². The van der Waals surface area contributed by atoms with Crippen LogP contribution in [0, 0.1) is 0 Å². The maximum Gasteiger partial charge on any atom is 0.304 e. The number of ether oxygens (including phenoxy) is 1. The Morgan fingerprint density at radius 3 is 2.50 bits per heavy atom. The second-order valence-corrected chi connectivity index (χ2v) is 5.18. The number of benzene rings is 2. The Morgan fingerprint density at radius 1 is 1.14 bits per heavy atom. The van der Waals surface area contributed by atoms with Gasteiger partial charge in [0.1, 0.15) is 5.75 Å². The van der Waals surface area contributed by atoms with Gasteiger partial charge in [-0.25, -0.2) is 0 Å². The molecule has 22 heavy (non-hydrogen) atoms. The summed E-state index contributed by atoms with van der Waals surface area (Å²) in [7, 11) is 1.63. The largest absolute Gasteiger partial charge is 0.496 e. The predicted molar refractivity (Wildman–Crippen MR) is 86.0 cm³/mol. The number of carboxylic acids is 1. The summed E-state index contributed by atoms with van der Waals surface area (Å²) in [6.45, 7) is 0.647. The second kappa shape index (κ2) is 8.20. The van der Waals surface area contributed by atoms with Crippen LogP contribution in [-0.2, 0) is 17.8 Å². The van der Waals surface area contributed by atoms with E-state index in [1.165, 1.54) is 0 Å². The van der Waals surface area contributed by atoms with E-state index in [9.17, 15) is 4.79 Å². The first kappa shape index (κ1) is 16.0. The molecule has 4 nitrogen and oxygen atoms in total. The third kappa shape index (κ3) is 4.90. The van der Waals surface area contributed by atoms with Crippen molar-refractivity contribution in [1.82, 2.24) is 5.32 Å². The van der Waals surface area contributed by atoms with Gasteiger partial charge in [-0.15, -0.1) is 0 Å². The summed E-state index contributed by atoms with van der Waals surface area (Å²) in [5.41, 5.74) is 2.15. The van der Waals surface area contributed by atoms with Crippen LogP contribution in [-0.4, -0.2) is 24.2 Å². The third-order valence-electron chi connectivity index (χ3n) is 3.52. The first-order valence-electron chi connectivity index (χ1n) is 7.30. The van der Waals surface area contributed by atoms with Gasteiger partial charge < -0.3 is 15.2 Å². The molecule has 4 heteroatoms. The lowest BCUT2D eigenvalue weighted by atomic mass is 10.0. The van der Waals surface area contributed by atoms with E-state index in [1.54, 1.807) is 7.11 Å². The number of methoxy groups -OCH3 is 1. The Labute approximate surface area is 130 Å². The minimum Gasteiger partial charge on any atom is -0.496 e. The highest BCUT2D eigenvalue weighted by molar-refractivity contribution is 5.67. The van der Waals surface area contributed by atoms with E-state index in [1.807, 2.05) is 54.6 Å². The zero-order valence-electron chi connectivity index (χ0n) is 12.7. The number of hydrogen-bond donors (Lipinski definition) is 2. The molecule has 2 N–H and O–H groups in total. The second-order valence-electron chi connectivity index (χ2n) is 5.18. The van der Waals surface area contributed by atoms with E-state index in [2.05, 4.69) is 5.32 Å². The van der Waals surface area contributed by atoms with Crippen molar-refractivity contribution < 1.29 is 14.6 Å². The van der Waals surface area contributed by atoms with Gasteiger partial charge in [0.2, 0.25) is 0 Å². The molecule has 0 amide bonds. The Kier molecular flexibility index (Phi) is 5.98. The van der Waals surface area contributed by atoms with Crippen molar-refractivity contribution in [3.8, 4) is 5.75 Å². The molecular weight excluding hydrogens is 278 g/mol. The summed E-state index contributed by atoms with van der Waals surface area (Å²) in [6.07, 6.45) is 0.689.